The van der Waals surface area contributed by atoms with Crippen LogP contribution in [0.3, 0.4) is 0 Å². The SMILES string of the molecule is CCOCCOC[C@H]1CO1. The van der Waals surface area contributed by atoms with Gasteiger partial charge in [-0.05, 0) is 6.92 Å². The Morgan fingerprint density at radius 2 is 2.10 bits per heavy atom. The molecule has 0 unspecified atom stereocenters. The molecule has 10 heavy (non-hydrogen) atoms. The summed E-state index contributed by atoms with van der Waals surface area (Å²) in [4.78, 5) is 0. The van der Waals surface area contributed by atoms with Gasteiger partial charge >= 0.3 is 0 Å². The lowest BCUT2D eigenvalue weighted by Gasteiger charge is -2.00. The van der Waals surface area contributed by atoms with Crippen molar-refractivity contribution >= 4 is 0 Å². The van der Waals surface area contributed by atoms with E-state index in [1.807, 2.05) is 6.92 Å². The maximum atomic E-state index is 5.21. The third kappa shape index (κ3) is 3.82. The molecule has 1 saturated heterocycles. The van der Waals surface area contributed by atoms with Gasteiger partial charge in [-0.15, -0.1) is 0 Å². The summed E-state index contributed by atoms with van der Waals surface area (Å²) in [6.07, 6.45) is 0.377. The van der Waals surface area contributed by atoms with E-state index in [0.717, 1.165) is 19.8 Å². The molecule has 3 nitrogen and oxygen atoms in total. The van der Waals surface area contributed by atoms with Gasteiger partial charge in [-0.2, -0.15) is 0 Å². The van der Waals surface area contributed by atoms with E-state index in [9.17, 15) is 0 Å². The standard InChI is InChI=1S/C7H14O3/c1-2-8-3-4-9-5-7-6-10-7/h7H,2-6H2,1H3/t7-/m0/s1. The van der Waals surface area contributed by atoms with E-state index in [1.54, 1.807) is 0 Å². The minimum absolute atomic E-state index is 0.377. The van der Waals surface area contributed by atoms with Crippen molar-refractivity contribution in [3.63, 3.8) is 0 Å². The van der Waals surface area contributed by atoms with Gasteiger partial charge in [-0.3, -0.25) is 0 Å². The van der Waals surface area contributed by atoms with Crippen LogP contribution in [-0.4, -0.2) is 39.1 Å². The monoisotopic (exact) mass is 146 g/mol. The Morgan fingerprint density at radius 3 is 2.70 bits per heavy atom. The maximum absolute atomic E-state index is 5.21. The van der Waals surface area contributed by atoms with E-state index in [4.69, 9.17) is 14.2 Å². The van der Waals surface area contributed by atoms with Gasteiger partial charge < -0.3 is 14.2 Å². The molecule has 3 heteroatoms. The van der Waals surface area contributed by atoms with Gasteiger partial charge in [0, 0.05) is 6.61 Å². The summed E-state index contributed by atoms with van der Waals surface area (Å²) in [6, 6.07) is 0. The molecular formula is C7H14O3. The Morgan fingerprint density at radius 1 is 1.40 bits per heavy atom. The molecule has 0 bridgehead atoms. The van der Waals surface area contributed by atoms with Gasteiger partial charge in [0.05, 0.1) is 26.4 Å². The highest BCUT2D eigenvalue weighted by atomic mass is 16.6. The molecule has 0 amide bonds. The summed E-state index contributed by atoms with van der Waals surface area (Å²) in [5.41, 5.74) is 0. The van der Waals surface area contributed by atoms with Crippen LogP contribution in [0.5, 0.6) is 0 Å². The molecule has 0 aliphatic carbocycles. The molecule has 60 valence electrons. The Hall–Kier alpha value is -0.120. The van der Waals surface area contributed by atoms with E-state index in [0.29, 0.717) is 19.3 Å². The van der Waals surface area contributed by atoms with E-state index in [1.165, 1.54) is 0 Å². The van der Waals surface area contributed by atoms with E-state index >= 15 is 0 Å². The van der Waals surface area contributed by atoms with Crippen LogP contribution in [0, 0.1) is 0 Å². The van der Waals surface area contributed by atoms with Crippen molar-refractivity contribution in [2.24, 2.45) is 0 Å². The Balaban J connectivity index is 1.68. The van der Waals surface area contributed by atoms with Crippen molar-refractivity contribution in [2.45, 2.75) is 13.0 Å². The van der Waals surface area contributed by atoms with Crippen molar-refractivity contribution in [3.8, 4) is 0 Å². The molecule has 0 saturated carbocycles. The fourth-order valence-electron chi connectivity index (χ4n) is 0.641. The van der Waals surface area contributed by atoms with Crippen LogP contribution in [-0.2, 0) is 14.2 Å². The molecule has 1 rings (SSSR count). The van der Waals surface area contributed by atoms with Crippen molar-refractivity contribution in [3.05, 3.63) is 0 Å². The molecule has 0 radical (unpaired) electrons. The normalized spacial score (nSPS) is 23.1. The lowest BCUT2D eigenvalue weighted by molar-refractivity contribution is 0.0464. The van der Waals surface area contributed by atoms with Crippen molar-refractivity contribution in [1.82, 2.24) is 0 Å². The van der Waals surface area contributed by atoms with E-state index in [2.05, 4.69) is 0 Å². The highest BCUT2D eigenvalue weighted by Gasteiger charge is 2.21. The highest BCUT2D eigenvalue weighted by Crippen LogP contribution is 2.07. The highest BCUT2D eigenvalue weighted by molar-refractivity contribution is 4.66. The van der Waals surface area contributed by atoms with Crippen LogP contribution in [0.1, 0.15) is 6.92 Å². The fraction of sp³-hybridized carbons (Fsp3) is 1.00. The summed E-state index contributed by atoms with van der Waals surface area (Å²) in [6.45, 7) is 5.73. The minimum Gasteiger partial charge on any atom is -0.379 e. The van der Waals surface area contributed by atoms with Crippen molar-refractivity contribution in [1.29, 1.82) is 0 Å². The average molecular weight is 146 g/mol. The Bertz CT molecular complexity index is 80.9. The van der Waals surface area contributed by atoms with Crippen LogP contribution >= 0.6 is 0 Å². The van der Waals surface area contributed by atoms with Gasteiger partial charge in [-0.1, -0.05) is 0 Å². The zero-order chi connectivity index (χ0) is 7.23. The molecule has 0 aromatic rings. The smallest absolute Gasteiger partial charge is 0.104 e. The van der Waals surface area contributed by atoms with Crippen molar-refractivity contribution in [2.75, 3.05) is 33.0 Å². The summed E-state index contributed by atoms with van der Waals surface area (Å²) in [5.74, 6) is 0. The van der Waals surface area contributed by atoms with E-state index < -0.39 is 0 Å². The van der Waals surface area contributed by atoms with Crippen LogP contribution < -0.4 is 0 Å². The first kappa shape index (κ1) is 7.98. The summed E-state index contributed by atoms with van der Waals surface area (Å²) < 4.78 is 15.2. The third-order valence-corrected chi connectivity index (χ3v) is 1.28. The molecule has 0 aromatic carbocycles. The zero-order valence-corrected chi connectivity index (χ0v) is 6.34. The van der Waals surface area contributed by atoms with Crippen LogP contribution in [0.25, 0.3) is 0 Å². The quantitative estimate of drug-likeness (QED) is 0.402. The molecule has 0 N–H and O–H groups in total. The van der Waals surface area contributed by atoms with Gasteiger partial charge in [0.2, 0.25) is 0 Å². The number of hydrogen-bond acceptors (Lipinski definition) is 3. The van der Waals surface area contributed by atoms with Gasteiger partial charge in [0.15, 0.2) is 0 Å². The predicted molar refractivity (Wildman–Crippen MR) is 37.1 cm³/mol. The third-order valence-electron chi connectivity index (χ3n) is 1.28. The minimum atomic E-state index is 0.377. The molecular weight excluding hydrogens is 132 g/mol. The largest absolute Gasteiger partial charge is 0.379 e. The van der Waals surface area contributed by atoms with E-state index in [-0.39, 0.29) is 0 Å². The number of hydrogen-bond donors (Lipinski definition) is 0. The second-order valence-corrected chi connectivity index (χ2v) is 2.23. The van der Waals surface area contributed by atoms with Gasteiger partial charge in [0.1, 0.15) is 6.10 Å². The summed E-state index contributed by atoms with van der Waals surface area (Å²) in [5, 5.41) is 0. The number of ether oxygens (including phenoxy) is 3. The Kier molecular flexibility index (Phi) is 3.72. The molecule has 0 aromatic heterocycles. The fourth-order valence-corrected chi connectivity index (χ4v) is 0.641. The first-order chi connectivity index (χ1) is 4.93. The Labute approximate surface area is 61.3 Å². The summed E-state index contributed by atoms with van der Waals surface area (Å²) in [7, 11) is 0. The molecule has 1 atom stereocenters. The van der Waals surface area contributed by atoms with Crippen LogP contribution in [0.2, 0.25) is 0 Å². The molecule has 1 aliphatic heterocycles. The van der Waals surface area contributed by atoms with Gasteiger partial charge in [-0.25, -0.2) is 0 Å². The second-order valence-electron chi connectivity index (χ2n) is 2.23. The number of rotatable bonds is 6. The first-order valence-electron chi connectivity index (χ1n) is 3.70. The lowest BCUT2D eigenvalue weighted by Crippen LogP contribution is -2.07. The van der Waals surface area contributed by atoms with Crippen LogP contribution in [0.4, 0.5) is 0 Å². The predicted octanol–water partition coefficient (Wildman–Crippen LogP) is 0.438. The summed E-state index contributed by atoms with van der Waals surface area (Å²) >= 11 is 0. The molecule has 1 fully saturated rings. The molecule has 0 spiro atoms. The first-order valence-corrected chi connectivity index (χ1v) is 3.70. The van der Waals surface area contributed by atoms with Gasteiger partial charge in [0.25, 0.3) is 0 Å². The number of epoxide rings is 1. The van der Waals surface area contributed by atoms with Crippen LogP contribution in [0.15, 0.2) is 0 Å². The topological polar surface area (TPSA) is 31.0 Å². The maximum Gasteiger partial charge on any atom is 0.104 e. The molecule has 1 heterocycles. The average Bonchev–Trinajstić information content (AvgIpc) is 2.71. The molecule has 1 aliphatic rings. The van der Waals surface area contributed by atoms with Crippen molar-refractivity contribution < 1.29 is 14.2 Å². The zero-order valence-electron chi connectivity index (χ0n) is 6.34. The second kappa shape index (κ2) is 4.66. The lowest BCUT2D eigenvalue weighted by atomic mass is 10.5.